The van der Waals surface area contributed by atoms with Gasteiger partial charge in [-0.3, -0.25) is 9.59 Å². The van der Waals surface area contributed by atoms with Crippen LogP contribution in [0.3, 0.4) is 0 Å². The van der Waals surface area contributed by atoms with Crippen LogP contribution in [0.5, 0.6) is 5.75 Å². The fraction of sp³-hybridized carbons (Fsp3) is 0.0476. The SMILES string of the molecule is O=C(COc1ccccc1)Nc1ccccc1C(=O)Nc1ccccc1. The van der Waals surface area contributed by atoms with E-state index in [-0.39, 0.29) is 18.4 Å². The van der Waals surface area contributed by atoms with Crippen LogP contribution >= 0.6 is 0 Å². The zero-order chi connectivity index (χ0) is 18.2. The molecule has 0 bridgehead atoms. The van der Waals surface area contributed by atoms with Gasteiger partial charge in [0.2, 0.25) is 0 Å². The van der Waals surface area contributed by atoms with E-state index >= 15 is 0 Å². The average Bonchev–Trinajstić information content (AvgIpc) is 2.68. The Labute approximate surface area is 151 Å². The molecule has 5 nitrogen and oxygen atoms in total. The first-order valence-corrected chi connectivity index (χ1v) is 8.15. The summed E-state index contributed by atoms with van der Waals surface area (Å²) in [5.74, 6) is -0.0253. The summed E-state index contributed by atoms with van der Waals surface area (Å²) in [6, 6.07) is 25.1. The first-order valence-electron chi connectivity index (χ1n) is 8.15. The Morgan fingerprint density at radius 2 is 1.35 bits per heavy atom. The van der Waals surface area contributed by atoms with Crippen LogP contribution in [0, 0.1) is 0 Å². The van der Waals surface area contributed by atoms with Gasteiger partial charge in [0, 0.05) is 5.69 Å². The number of ether oxygens (including phenoxy) is 1. The Hall–Kier alpha value is -3.60. The summed E-state index contributed by atoms with van der Waals surface area (Å²) in [7, 11) is 0. The van der Waals surface area contributed by atoms with Crippen molar-refractivity contribution in [3.05, 3.63) is 90.5 Å². The van der Waals surface area contributed by atoms with E-state index in [0.717, 1.165) is 0 Å². The molecule has 0 aliphatic heterocycles. The van der Waals surface area contributed by atoms with Crippen LogP contribution in [-0.2, 0) is 4.79 Å². The topological polar surface area (TPSA) is 67.4 Å². The van der Waals surface area contributed by atoms with Crippen molar-refractivity contribution in [2.24, 2.45) is 0 Å². The third-order valence-electron chi connectivity index (χ3n) is 3.59. The molecule has 0 spiro atoms. The van der Waals surface area contributed by atoms with Crippen molar-refractivity contribution in [2.75, 3.05) is 17.2 Å². The fourth-order valence-corrected chi connectivity index (χ4v) is 2.36. The Bertz CT molecular complexity index is 880. The number of nitrogens with one attached hydrogen (secondary N) is 2. The van der Waals surface area contributed by atoms with Crippen molar-refractivity contribution >= 4 is 23.2 Å². The molecule has 0 saturated heterocycles. The molecule has 0 aliphatic rings. The van der Waals surface area contributed by atoms with E-state index in [1.807, 2.05) is 36.4 Å². The van der Waals surface area contributed by atoms with Gasteiger partial charge in [0.25, 0.3) is 11.8 Å². The molecule has 3 aromatic rings. The maximum atomic E-state index is 12.5. The first kappa shape index (κ1) is 17.2. The summed E-state index contributed by atoms with van der Waals surface area (Å²) >= 11 is 0. The lowest BCUT2D eigenvalue weighted by atomic mass is 10.1. The Morgan fingerprint density at radius 3 is 2.08 bits per heavy atom. The molecule has 3 rings (SSSR count). The van der Waals surface area contributed by atoms with Gasteiger partial charge in [0.05, 0.1) is 11.3 Å². The van der Waals surface area contributed by atoms with Crippen molar-refractivity contribution in [3.8, 4) is 5.75 Å². The summed E-state index contributed by atoms with van der Waals surface area (Å²) in [4.78, 5) is 24.7. The van der Waals surface area contributed by atoms with Gasteiger partial charge in [-0.15, -0.1) is 0 Å². The molecule has 0 unspecified atom stereocenters. The number of para-hydroxylation sites is 3. The number of rotatable bonds is 6. The highest BCUT2D eigenvalue weighted by atomic mass is 16.5. The number of hydrogen-bond donors (Lipinski definition) is 2. The van der Waals surface area contributed by atoms with Gasteiger partial charge < -0.3 is 15.4 Å². The second kappa shape index (κ2) is 8.48. The molecule has 0 heterocycles. The third-order valence-corrected chi connectivity index (χ3v) is 3.59. The lowest BCUT2D eigenvalue weighted by molar-refractivity contribution is -0.118. The number of carbonyl (C=O) groups excluding carboxylic acids is 2. The van der Waals surface area contributed by atoms with Crippen LogP contribution in [0.15, 0.2) is 84.9 Å². The molecule has 0 radical (unpaired) electrons. The molecule has 130 valence electrons. The van der Waals surface area contributed by atoms with Crippen LogP contribution in [-0.4, -0.2) is 18.4 Å². The van der Waals surface area contributed by atoms with Crippen LogP contribution in [0.1, 0.15) is 10.4 Å². The Kier molecular flexibility index (Phi) is 5.62. The number of hydrogen-bond acceptors (Lipinski definition) is 3. The second-order valence-corrected chi connectivity index (χ2v) is 5.52. The molecule has 5 heteroatoms. The molecule has 0 aromatic heterocycles. The van der Waals surface area contributed by atoms with Crippen LogP contribution in [0.4, 0.5) is 11.4 Å². The number of anilines is 2. The van der Waals surface area contributed by atoms with Crippen molar-refractivity contribution in [1.82, 2.24) is 0 Å². The summed E-state index contributed by atoms with van der Waals surface area (Å²) in [5.41, 5.74) is 1.50. The monoisotopic (exact) mass is 346 g/mol. The van der Waals surface area contributed by atoms with Crippen LogP contribution in [0.2, 0.25) is 0 Å². The second-order valence-electron chi connectivity index (χ2n) is 5.52. The van der Waals surface area contributed by atoms with E-state index in [1.165, 1.54) is 0 Å². The van der Waals surface area contributed by atoms with Crippen molar-refractivity contribution in [2.45, 2.75) is 0 Å². The van der Waals surface area contributed by atoms with E-state index in [0.29, 0.717) is 22.7 Å². The fourth-order valence-electron chi connectivity index (χ4n) is 2.36. The Morgan fingerprint density at radius 1 is 0.731 bits per heavy atom. The third kappa shape index (κ3) is 4.70. The summed E-state index contributed by atoms with van der Waals surface area (Å²) in [5, 5.41) is 5.53. The van der Waals surface area contributed by atoms with Gasteiger partial charge in [-0.1, -0.05) is 48.5 Å². The first-order chi connectivity index (χ1) is 12.7. The highest BCUT2D eigenvalue weighted by Gasteiger charge is 2.13. The predicted molar refractivity (Wildman–Crippen MR) is 101 cm³/mol. The summed E-state index contributed by atoms with van der Waals surface area (Å²) in [6.45, 7) is -0.140. The highest BCUT2D eigenvalue weighted by Crippen LogP contribution is 2.17. The zero-order valence-electron chi connectivity index (χ0n) is 14.0. The minimum Gasteiger partial charge on any atom is -0.484 e. The van der Waals surface area contributed by atoms with Crippen molar-refractivity contribution in [1.29, 1.82) is 0 Å². The molecule has 26 heavy (non-hydrogen) atoms. The molecule has 0 fully saturated rings. The predicted octanol–water partition coefficient (Wildman–Crippen LogP) is 3.96. The van der Waals surface area contributed by atoms with E-state index in [1.54, 1.807) is 48.5 Å². The molecular weight excluding hydrogens is 328 g/mol. The molecule has 0 atom stereocenters. The standard InChI is InChI=1S/C21H18N2O3/c24-20(15-26-17-11-5-2-6-12-17)23-19-14-8-7-13-18(19)21(25)22-16-9-3-1-4-10-16/h1-14H,15H2,(H,22,25)(H,23,24). The molecule has 2 N–H and O–H groups in total. The van der Waals surface area contributed by atoms with Gasteiger partial charge in [0.1, 0.15) is 5.75 Å². The molecule has 3 aromatic carbocycles. The smallest absolute Gasteiger partial charge is 0.262 e. The lowest BCUT2D eigenvalue weighted by Crippen LogP contribution is -2.22. The molecule has 0 saturated carbocycles. The highest BCUT2D eigenvalue weighted by molar-refractivity contribution is 6.10. The number of amides is 2. The maximum absolute atomic E-state index is 12.5. The van der Waals surface area contributed by atoms with Gasteiger partial charge in [0.15, 0.2) is 6.61 Å². The normalized spacial score (nSPS) is 10.0. The average molecular weight is 346 g/mol. The summed E-state index contributed by atoms with van der Waals surface area (Å²) < 4.78 is 5.42. The van der Waals surface area contributed by atoms with Crippen LogP contribution in [0.25, 0.3) is 0 Å². The van der Waals surface area contributed by atoms with E-state index in [2.05, 4.69) is 10.6 Å². The van der Waals surface area contributed by atoms with Crippen LogP contribution < -0.4 is 15.4 Å². The van der Waals surface area contributed by atoms with Gasteiger partial charge in [-0.05, 0) is 36.4 Å². The minimum absolute atomic E-state index is 0.140. The van der Waals surface area contributed by atoms with Gasteiger partial charge in [-0.2, -0.15) is 0 Å². The quantitative estimate of drug-likeness (QED) is 0.710. The Balaban J connectivity index is 1.65. The molecular formula is C21H18N2O3. The minimum atomic E-state index is -0.339. The lowest BCUT2D eigenvalue weighted by Gasteiger charge is -2.12. The maximum Gasteiger partial charge on any atom is 0.262 e. The van der Waals surface area contributed by atoms with Gasteiger partial charge in [-0.25, -0.2) is 0 Å². The van der Waals surface area contributed by atoms with E-state index in [9.17, 15) is 9.59 Å². The summed E-state index contributed by atoms with van der Waals surface area (Å²) in [6.07, 6.45) is 0. The van der Waals surface area contributed by atoms with Crippen molar-refractivity contribution in [3.63, 3.8) is 0 Å². The number of carbonyl (C=O) groups is 2. The van der Waals surface area contributed by atoms with E-state index in [4.69, 9.17) is 4.74 Å². The molecule has 2 amide bonds. The number of benzene rings is 3. The van der Waals surface area contributed by atoms with Gasteiger partial charge >= 0.3 is 0 Å². The van der Waals surface area contributed by atoms with Crippen molar-refractivity contribution < 1.29 is 14.3 Å². The van der Waals surface area contributed by atoms with E-state index < -0.39 is 0 Å². The molecule has 0 aliphatic carbocycles. The zero-order valence-corrected chi connectivity index (χ0v) is 14.0. The largest absolute Gasteiger partial charge is 0.484 e.